The van der Waals surface area contributed by atoms with Crippen molar-refractivity contribution < 1.29 is 0 Å². The summed E-state index contributed by atoms with van der Waals surface area (Å²) in [5.74, 6) is 1.14. The van der Waals surface area contributed by atoms with Crippen molar-refractivity contribution in [3.63, 3.8) is 0 Å². The molecular weight excluding hydrogens is 314 g/mol. The normalized spacial score (nSPS) is 12.2. The van der Waals surface area contributed by atoms with Gasteiger partial charge in [0.2, 0.25) is 0 Å². The van der Waals surface area contributed by atoms with Crippen molar-refractivity contribution in [2.24, 2.45) is 0 Å². The van der Waals surface area contributed by atoms with Crippen LogP contribution in [0.4, 0.5) is 17.1 Å². The molecular formula is C25H29N. The molecule has 134 valence electrons. The minimum atomic E-state index is 0.545. The van der Waals surface area contributed by atoms with Crippen LogP contribution in [0.3, 0.4) is 0 Å². The van der Waals surface area contributed by atoms with Crippen LogP contribution in [-0.4, -0.2) is 0 Å². The highest BCUT2D eigenvalue weighted by molar-refractivity contribution is 5.76. The van der Waals surface area contributed by atoms with Crippen LogP contribution in [-0.2, 0) is 0 Å². The molecule has 3 rings (SSSR count). The van der Waals surface area contributed by atoms with E-state index >= 15 is 0 Å². The summed E-state index contributed by atoms with van der Waals surface area (Å²) in [5.41, 5.74) is 6.34. The highest BCUT2D eigenvalue weighted by Crippen LogP contribution is 2.35. The molecule has 26 heavy (non-hydrogen) atoms. The SMILES string of the molecule is CCC(C)c1ccc(N(c2ccccc2)c2ccc(C(C)C)cc2)cc1. The lowest BCUT2D eigenvalue weighted by Crippen LogP contribution is -2.10. The first-order valence-electron chi connectivity index (χ1n) is 9.65. The second-order valence-corrected chi connectivity index (χ2v) is 7.32. The fraction of sp³-hybridized carbons (Fsp3) is 0.280. The zero-order valence-corrected chi connectivity index (χ0v) is 16.3. The highest BCUT2D eigenvalue weighted by Gasteiger charge is 2.13. The molecule has 1 nitrogen and oxygen atoms in total. The molecule has 0 radical (unpaired) electrons. The number of nitrogens with zero attached hydrogens (tertiary/aromatic N) is 1. The summed E-state index contributed by atoms with van der Waals surface area (Å²) in [7, 11) is 0. The Morgan fingerprint density at radius 1 is 0.615 bits per heavy atom. The number of benzene rings is 3. The van der Waals surface area contributed by atoms with Crippen molar-refractivity contribution in [1.29, 1.82) is 0 Å². The second-order valence-electron chi connectivity index (χ2n) is 7.32. The predicted molar refractivity (Wildman–Crippen MR) is 114 cm³/mol. The molecule has 0 saturated heterocycles. The van der Waals surface area contributed by atoms with E-state index in [0.29, 0.717) is 11.8 Å². The molecule has 1 heteroatoms. The Kier molecular flexibility index (Phi) is 5.78. The number of hydrogen-bond acceptors (Lipinski definition) is 1. The van der Waals surface area contributed by atoms with Gasteiger partial charge in [0.15, 0.2) is 0 Å². The summed E-state index contributed by atoms with van der Waals surface area (Å²) >= 11 is 0. The van der Waals surface area contributed by atoms with Crippen molar-refractivity contribution in [2.75, 3.05) is 4.90 Å². The van der Waals surface area contributed by atoms with Gasteiger partial charge in [0.05, 0.1) is 0 Å². The molecule has 1 atom stereocenters. The van der Waals surface area contributed by atoms with Crippen LogP contribution < -0.4 is 4.90 Å². The Balaban J connectivity index is 2.01. The van der Waals surface area contributed by atoms with E-state index in [0.717, 1.165) is 0 Å². The van der Waals surface area contributed by atoms with Gasteiger partial charge in [0, 0.05) is 17.1 Å². The Morgan fingerprint density at radius 3 is 1.54 bits per heavy atom. The van der Waals surface area contributed by atoms with Gasteiger partial charge in [0.25, 0.3) is 0 Å². The van der Waals surface area contributed by atoms with Gasteiger partial charge in [-0.25, -0.2) is 0 Å². The molecule has 0 saturated carbocycles. The first-order valence-corrected chi connectivity index (χ1v) is 9.65. The average molecular weight is 344 g/mol. The van der Waals surface area contributed by atoms with Crippen LogP contribution in [0.2, 0.25) is 0 Å². The van der Waals surface area contributed by atoms with Gasteiger partial charge in [-0.15, -0.1) is 0 Å². The van der Waals surface area contributed by atoms with Gasteiger partial charge in [0.1, 0.15) is 0 Å². The van der Waals surface area contributed by atoms with Gasteiger partial charge in [-0.2, -0.15) is 0 Å². The fourth-order valence-corrected chi connectivity index (χ4v) is 3.22. The van der Waals surface area contributed by atoms with Crippen LogP contribution in [0.25, 0.3) is 0 Å². The van der Waals surface area contributed by atoms with Crippen LogP contribution in [0.1, 0.15) is 57.1 Å². The van der Waals surface area contributed by atoms with Crippen molar-refractivity contribution in [2.45, 2.75) is 46.0 Å². The zero-order valence-electron chi connectivity index (χ0n) is 16.3. The maximum atomic E-state index is 2.32. The molecule has 0 aliphatic rings. The zero-order chi connectivity index (χ0) is 18.5. The number of hydrogen-bond donors (Lipinski definition) is 0. The van der Waals surface area contributed by atoms with Gasteiger partial charge in [-0.1, -0.05) is 70.2 Å². The molecule has 0 bridgehead atoms. The van der Waals surface area contributed by atoms with Crippen molar-refractivity contribution in [3.05, 3.63) is 90.0 Å². The third kappa shape index (κ3) is 3.99. The topological polar surface area (TPSA) is 3.24 Å². The lowest BCUT2D eigenvalue weighted by atomic mass is 9.98. The van der Waals surface area contributed by atoms with Crippen LogP contribution in [0.15, 0.2) is 78.9 Å². The molecule has 0 aromatic heterocycles. The molecule has 0 heterocycles. The Labute approximate surface area is 158 Å². The van der Waals surface area contributed by atoms with Crippen molar-refractivity contribution in [3.8, 4) is 0 Å². The molecule has 0 aliphatic carbocycles. The minimum absolute atomic E-state index is 0.545. The summed E-state index contributed by atoms with van der Waals surface area (Å²) in [6.07, 6.45) is 1.17. The largest absolute Gasteiger partial charge is 0.311 e. The van der Waals surface area contributed by atoms with Crippen LogP contribution >= 0.6 is 0 Å². The van der Waals surface area contributed by atoms with Crippen molar-refractivity contribution >= 4 is 17.1 Å². The Bertz CT molecular complexity index is 801. The second kappa shape index (κ2) is 8.23. The van der Waals surface area contributed by atoms with E-state index in [1.54, 1.807) is 0 Å². The van der Waals surface area contributed by atoms with Gasteiger partial charge < -0.3 is 4.90 Å². The highest BCUT2D eigenvalue weighted by atomic mass is 15.1. The van der Waals surface area contributed by atoms with E-state index < -0.39 is 0 Å². The predicted octanol–water partition coefficient (Wildman–Crippen LogP) is 7.79. The summed E-state index contributed by atoms with van der Waals surface area (Å²) in [5, 5.41) is 0. The van der Waals surface area contributed by atoms with E-state index in [9.17, 15) is 0 Å². The van der Waals surface area contributed by atoms with Gasteiger partial charge in [-0.05, 0) is 65.8 Å². The molecule has 0 aliphatic heterocycles. The van der Waals surface area contributed by atoms with E-state index in [1.807, 2.05) is 0 Å². The smallest absolute Gasteiger partial charge is 0.0461 e. The van der Waals surface area contributed by atoms with Crippen molar-refractivity contribution in [1.82, 2.24) is 0 Å². The Hall–Kier alpha value is -2.54. The van der Waals surface area contributed by atoms with Gasteiger partial charge in [-0.3, -0.25) is 0 Å². The molecule has 0 fully saturated rings. The maximum Gasteiger partial charge on any atom is 0.0461 e. The standard InChI is InChI=1S/C25H29N/c1-5-20(4)22-13-17-25(18-14-22)26(23-9-7-6-8-10-23)24-15-11-21(12-16-24)19(2)3/h6-20H,5H2,1-4H3. The third-order valence-corrected chi connectivity index (χ3v) is 5.17. The number of anilines is 3. The van der Waals surface area contributed by atoms with E-state index in [2.05, 4.69) is 111 Å². The molecule has 0 spiro atoms. The van der Waals surface area contributed by atoms with Crippen LogP contribution in [0, 0.1) is 0 Å². The molecule has 3 aromatic rings. The lowest BCUT2D eigenvalue weighted by Gasteiger charge is -2.26. The average Bonchev–Trinajstić information content (AvgIpc) is 2.69. The van der Waals surface area contributed by atoms with E-state index in [4.69, 9.17) is 0 Å². The molecule has 1 unspecified atom stereocenters. The monoisotopic (exact) mass is 343 g/mol. The molecule has 0 N–H and O–H groups in total. The summed E-state index contributed by atoms with van der Waals surface area (Å²) in [6.45, 7) is 8.99. The minimum Gasteiger partial charge on any atom is -0.311 e. The maximum absolute atomic E-state index is 2.32. The number of para-hydroxylation sites is 1. The Morgan fingerprint density at radius 2 is 1.08 bits per heavy atom. The quantitative estimate of drug-likeness (QED) is 0.441. The lowest BCUT2D eigenvalue weighted by molar-refractivity contribution is 0.733. The summed E-state index contributed by atoms with van der Waals surface area (Å²) in [4.78, 5) is 2.32. The summed E-state index contributed by atoms with van der Waals surface area (Å²) in [6, 6.07) is 28.5. The fourth-order valence-electron chi connectivity index (χ4n) is 3.22. The first kappa shape index (κ1) is 18.3. The van der Waals surface area contributed by atoms with Gasteiger partial charge >= 0.3 is 0 Å². The van der Waals surface area contributed by atoms with E-state index in [1.165, 1.54) is 34.6 Å². The van der Waals surface area contributed by atoms with Crippen LogP contribution in [0.5, 0.6) is 0 Å². The summed E-state index contributed by atoms with van der Waals surface area (Å²) < 4.78 is 0. The number of rotatable bonds is 6. The third-order valence-electron chi connectivity index (χ3n) is 5.17. The molecule has 0 amide bonds. The van der Waals surface area contributed by atoms with E-state index in [-0.39, 0.29) is 0 Å². The first-order chi connectivity index (χ1) is 12.6. The molecule has 3 aromatic carbocycles.